The molecule has 18 heavy (non-hydrogen) atoms. The van der Waals surface area contributed by atoms with Crippen molar-refractivity contribution in [1.29, 1.82) is 0 Å². The predicted molar refractivity (Wildman–Crippen MR) is 82.1 cm³/mol. The molecule has 0 saturated heterocycles. The number of hydrogen-bond acceptors (Lipinski definition) is 1. The highest BCUT2D eigenvalue weighted by Crippen LogP contribution is 2.20. The van der Waals surface area contributed by atoms with E-state index in [1.165, 1.54) is 22.3 Å². The molecule has 0 saturated carbocycles. The second-order valence-electron chi connectivity index (χ2n) is 4.81. The first kappa shape index (κ1) is 13.2. The number of rotatable bonds is 3. The Labute approximate surface area is 117 Å². The van der Waals surface area contributed by atoms with Crippen molar-refractivity contribution in [2.45, 2.75) is 27.3 Å². The van der Waals surface area contributed by atoms with Crippen LogP contribution >= 0.6 is 15.9 Å². The topological polar surface area (TPSA) is 12.0 Å². The van der Waals surface area contributed by atoms with E-state index in [-0.39, 0.29) is 0 Å². The lowest BCUT2D eigenvalue weighted by atomic mass is 10.1. The molecule has 0 unspecified atom stereocenters. The lowest BCUT2D eigenvalue weighted by Gasteiger charge is -2.09. The molecular weight excluding hydrogens is 286 g/mol. The molecule has 0 aromatic heterocycles. The van der Waals surface area contributed by atoms with Crippen molar-refractivity contribution in [1.82, 2.24) is 0 Å². The van der Waals surface area contributed by atoms with Gasteiger partial charge in [-0.2, -0.15) is 0 Å². The molecule has 0 aliphatic rings. The fraction of sp³-hybridized carbons (Fsp3) is 0.250. The zero-order valence-electron chi connectivity index (χ0n) is 11.0. The first-order valence-corrected chi connectivity index (χ1v) is 6.91. The quantitative estimate of drug-likeness (QED) is 0.842. The van der Waals surface area contributed by atoms with Gasteiger partial charge < -0.3 is 5.32 Å². The van der Waals surface area contributed by atoms with Crippen LogP contribution < -0.4 is 5.32 Å². The van der Waals surface area contributed by atoms with Crippen molar-refractivity contribution < 1.29 is 0 Å². The van der Waals surface area contributed by atoms with Gasteiger partial charge in [0, 0.05) is 16.7 Å². The van der Waals surface area contributed by atoms with Gasteiger partial charge in [0.15, 0.2) is 0 Å². The van der Waals surface area contributed by atoms with Crippen molar-refractivity contribution in [2.24, 2.45) is 0 Å². The summed E-state index contributed by atoms with van der Waals surface area (Å²) in [5.41, 5.74) is 6.38. The van der Waals surface area contributed by atoms with E-state index in [2.05, 4.69) is 78.4 Å². The van der Waals surface area contributed by atoms with Crippen molar-refractivity contribution in [3.8, 4) is 0 Å². The Morgan fingerprint density at radius 2 is 1.61 bits per heavy atom. The molecule has 0 radical (unpaired) electrons. The molecule has 1 N–H and O–H groups in total. The van der Waals surface area contributed by atoms with E-state index in [1.807, 2.05) is 0 Å². The Balaban J connectivity index is 2.08. The van der Waals surface area contributed by atoms with Crippen LogP contribution in [-0.2, 0) is 6.54 Å². The van der Waals surface area contributed by atoms with Crippen molar-refractivity contribution >= 4 is 21.6 Å². The molecule has 0 spiro atoms. The van der Waals surface area contributed by atoms with Gasteiger partial charge in [-0.15, -0.1) is 0 Å². The van der Waals surface area contributed by atoms with Crippen LogP contribution in [0.2, 0.25) is 0 Å². The van der Waals surface area contributed by atoms with Gasteiger partial charge in [-0.3, -0.25) is 0 Å². The number of benzene rings is 2. The van der Waals surface area contributed by atoms with Crippen molar-refractivity contribution in [2.75, 3.05) is 5.32 Å². The van der Waals surface area contributed by atoms with Crippen LogP contribution in [0.15, 0.2) is 40.9 Å². The largest absolute Gasteiger partial charge is 0.381 e. The van der Waals surface area contributed by atoms with E-state index in [0.717, 1.165) is 16.7 Å². The molecule has 0 aliphatic heterocycles. The Bertz CT molecular complexity index is 541. The van der Waals surface area contributed by atoms with Gasteiger partial charge in [0.2, 0.25) is 0 Å². The molecular formula is C16H18BrN. The van der Waals surface area contributed by atoms with Gasteiger partial charge in [0.05, 0.1) is 0 Å². The molecule has 0 heterocycles. The summed E-state index contributed by atoms with van der Waals surface area (Å²) < 4.78 is 1.15. The third-order valence-corrected chi connectivity index (χ3v) is 3.83. The van der Waals surface area contributed by atoms with E-state index in [0.29, 0.717) is 0 Å². The summed E-state index contributed by atoms with van der Waals surface area (Å²) in [6.07, 6.45) is 0. The van der Waals surface area contributed by atoms with Crippen LogP contribution in [0.3, 0.4) is 0 Å². The molecule has 1 nitrogen and oxygen atoms in total. The van der Waals surface area contributed by atoms with E-state index in [1.54, 1.807) is 0 Å². The average Bonchev–Trinajstić information content (AvgIpc) is 2.29. The highest BCUT2D eigenvalue weighted by Gasteiger charge is 1.99. The normalized spacial score (nSPS) is 10.4. The standard InChI is InChI=1S/C16H18BrN/c1-11-6-12(2)8-14(7-11)10-18-15-4-5-16(17)13(3)9-15/h4-9,18H,10H2,1-3H3. The Kier molecular flexibility index (Phi) is 4.07. The summed E-state index contributed by atoms with van der Waals surface area (Å²) >= 11 is 3.52. The van der Waals surface area contributed by atoms with Gasteiger partial charge in [-0.1, -0.05) is 45.3 Å². The highest BCUT2D eigenvalue weighted by atomic mass is 79.9. The Morgan fingerprint density at radius 1 is 0.944 bits per heavy atom. The number of aryl methyl sites for hydroxylation is 3. The summed E-state index contributed by atoms with van der Waals surface area (Å²) in [5.74, 6) is 0. The zero-order valence-corrected chi connectivity index (χ0v) is 12.6. The summed E-state index contributed by atoms with van der Waals surface area (Å²) in [5, 5.41) is 3.46. The minimum Gasteiger partial charge on any atom is -0.381 e. The molecule has 2 aromatic carbocycles. The average molecular weight is 304 g/mol. The summed E-state index contributed by atoms with van der Waals surface area (Å²) in [7, 11) is 0. The summed E-state index contributed by atoms with van der Waals surface area (Å²) in [6, 6.07) is 13.0. The second-order valence-corrected chi connectivity index (χ2v) is 5.67. The van der Waals surface area contributed by atoms with Crippen LogP contribution in [0, 0.1) is 20.8 Å². The molecule has 2 rings (SSSR count). The van der Waals surface area contributed by atoms with Crippen molar-refractivity contribution in [3.05, 3.63) is 63.1 Å². The highest BCUT2D eigenvalue weighted by molar-refractivity contribution is 9.10. The fourth-order valence-corrected chi connectivity index (χ4v) is 2.38. The molecule has 94 valence electrons. The minimum atomic E-state index is 0.865. The van der Waals surface area contributed by atoms with Gasteiger partial charge >= 0.3 is 0 Å². The maximum atomic E-state index is 3.52. The Morgan fingerprint density at radius 3 is 2.22 bits per heavy atom. The number of halogens is 1. The van der Waals surface area contributed by atoms with Crippen LogP contribution in [-0.4, -0.2) is 0 Å². The summed E-state index contributed by atoms with van der Waals surface area (Å²) in [4.78, 5) is 0. The molecule has 2 aromatic rings. The van der Waals surface area contributed by atoms with Crippen LogP contribution in [0.25, 0.3) is 0 Å². The van der Waals surface area contributed by atoms with Crippen LogP contribution in [0.4, 0.5) is 5.69 Å². The summed E-state index contributed by atoms with van der Waals surface area (Å²) in [6.45, 7) is 7.25. The molecule has 0 fully saturated rings. The molecule has 0 atom stereocenters. The monoisotopic (exact) mass is 303 g/mol. The van der Waals surface area contributed by atoms with Gasteiger partial charge in [-0.25, -0.2) is 0 Å². The van der Waals surface area contributed by atoms with Crippen molar-refractivity contribution in [3.63, 3.8) is 0 Å². The lowest BCUT2D eigenvalue weighted by Crippen LogP contribution is -2.00. The van der Waals surface area contributed by atoms with Crippen LogP contribution in [0.5, 0.6) is 0 Å². The van der Waals surface area contributed by atoms with Crippen LogP contribution in [0.1, 0.15) is 22.3 Å². The number of nitrogens with one attached hydrogen (secondary N) is 1. The first-order chi connectivity index (χ1) is 8.54. The fourth-order valence-electron chi connectivity index (χ4n) is 2.13. The van der Waals surface area contributed by atoms with Gasteiger partial charge in [0.1, 0.15) is 0 Å². The Hall–Kier alpha value is -1.28. The van der Waals surface area contributed by atoms with E-state index in [4.69, 9.17) is 0 Å². The second kappa shape index (κ2) is 5.57. The molecule has 0 aliphatic carbocycles. The predicted octanol–water partition coefficient (Wildman–Crippen LogP) is 4.99. The van der Waals surface area contributed by atoms with E-state index in [9.17, 15) is 0 Å². The smallest absolute Gasteiger partial charge is 0.0400 e. The third kappa shape index (κ3) is 3.36. The molecule has 2 heteroatoms. The van der Waals surface area contributed by atoms with Gasteiger partial charge in [-0.05, 0) is 50.1 Å². The lowest BCUT2D eigenvalue weighted by molar-refractivity contribution is 1.13. The minimum absolute atomic E-state index is 0.865. The number of hydrogen-bond donors (Lipinski definition) is 1. The van der Waals surface area contributed by atoms with E-state index >= 15 is 0 Å². The molecule has 0 bridgehead atoms. The number of anilines is 1. The zero-order chi connectivity index (χ0) is 13.1. The SMILES string of the molecule is Cc1cc(C)cc(CNc2ccc(Br)c(C)c2)c1. The maximum Gasteiger partial charge on any atom is 0.0400 e. The molecule has 0 amide bonds. The van der Waals surface area contributed by atoms with Gasteiger partial charge in [0.25, 0.3) is 0 Å². The first-order valence-electron chi connectivity index (χ1n) is 6.12. The van der Waals surface area contributed by atoms with E-state index < -0.39 is 0 Å². The maximum absolute atomic E-state index is 3.52. The third-order valence-electron chi connectivity index (χ3n) is 2.94.